The van der Waals surface area contributed by atoms with Crippen molar-refractivity contribution in [2.75, 3.05) is 19.8 Å². The summed E-state index contributed by atoms with van der Waals surface area (Å²) >= 11 is 0. The predicted octanol–water partition coefficient (Wildman–Crippen LogP) is 2.31. The number of ether oxygens (including phenoxy) is 1. The van der Waals surface area contributed by atoms with Gasteiger partial charge in [0, 0.05) is 43.6 Å². The first-order chi connectivity index (χ1) is 13.0. The molecule has 0 radical (unpaired) electrons. The SMILES string of the molecule is Cc1cc(=O)[nH]cc1C(=O)NCC1(N[C@@H](C)c2ccccc2)CCOCC1. The standard InChI is InChI=1S/C21H27N3O3/c1-15-12-19(25)22-13-18(15)20(26)23-14-21(8-10-27-11-9-21)24-16(2)17-6-4-3-5-7-17/h3-7,12-13,16,24H,8-11,14H2,1-2H3,(H,22,25)(H,23,26)/t16-/m0/s1. The number of rotatable bonds is 6. The molecule has 1 aliphatic rings. The van der Waals surface area contributed by atoms with Crippen LogP contribution < -0.4 is 16.2 Å². The number of H-pyrrole nitrogens is 1. The summed E-state index contributed by atoms with van der Waals surface area (Å²) in [6.07, 6.45) is 3.13. The summed E-state index contributed by atoms with van der Waals surface area (Å²) in [6, 6.07) is 11.9. The second-order valence-electron chi connectivity index (χ2n) is 7.25. The highest BCUT2D eigenvalue weighted by Gasteiger charge is 2.34. The van der Waals surface area contributed by atoms with E-state index in [1.54, 1.807) is 6.92 Å². The monoisotopic (exact) mass is 369 g/mol. The number of aryl methyl sites for hydroxylation is 1. The lowest BCUT2D eigenvalue weighted by molar-refractivity contribution is 0.0332. The number of hydrogen-bond donors (Lipinski definition) is 3. The zero-order chi connectivity index (χ0) is 19.3. The van der Waals surface area contributed by atoms with Crippen LogP contribution in [0.3, 0.4) is 0 Å². The molecule has 1 fully saturated rings. The molecule has 1 saturated heterocycles. The Kier molecular flexibility index (Phi) is 6.08. The molecule has 6 heteroatoms. The first-order valence-electron chi connectivity index (χ1n) is 9.37. The van der Waals surface area contributed by atoms with Gasteiger partial charge < -0.3 is 20.4 Å². The van der Waals surface area contributed by atoms with E-state index in [-0.39, 0.29) is 23.0 Å². The summed E-state index contributed by atoms with van der Waals surface area (Å²) in [5.41, 5.74) is 1.95. The first-order valence-corrected chi connectivity index (χ1v) is 9.37. The van der Waals surface area contributed by atoms with Gasteiger partial charge in [-0.05, 0) is 37.8 Å². The van der Waals surface area contributed by atoms with Gasteiger partial charge in [-0.2, -0.15) is 0 Å². The van der Waals surface area contributed by atoms with Crippen LogP contribution in [0.1, 0.15) is 47.3 Å². The number of nitrogens with one attached hydrogen (secondary N) is 3. The fourth-order valence-electron chi connectivity index (χ4n) is 3.58. The smallest absolute Gasteiger partial charge is 0.253 e. The van der Waals surface area contributed by atoms with E-state index >= 15 is 0 Å². The van der Waals surface area contributed by atoms with Crippen molar-refractivity contribution in [3.05, 3.63) is 69.6 Å². The number of carbonyl (C=O) groups is 1. The van der Waals surface area contributed by atoms with Gasteiger partial charge in [0.25, 0.3) is 5.91 Å². The Bertz CT molecular complexity index is 826. The van der Waals surface area contributed by atoms with Crippen molar-refractivity contribution in [2.45, 2.75) is 38.3 Å². The molecule has 144 valence electrons. The Morgan fingerprint density at radius 3 is 2.63 bits per heavy atom. The third-order valence-electron chi connectivity index (χ3n) is 5.24. The molecule has 0 bridgehead atoms. The van der Waals surface area contributed by atoms with Gasteiger partial charge in [0.2, 0.25) is 5.56 Å². The van der Waals surface area contributed by atoms with E-state index in [1.807, 2.05) is 18.2 Å². The first kappa shape index (κ1) is 19.3. The molecule has 0 aliphatic carbocycles. The van der Waals surface area contributed by atoms with Gasteiger partial charge in [-0.15, -0.1) is 0 Å². The van der Waals surface area contributed by atoms with Crippen LogP contribution in [0, 0.1) is 6.92 Å². The minimum atomic E-state index is -0.223. The number of benzene rings is 1. The highest BCUT2D eigenvalue weighted by atomic mass is 16.5. The van der Waals surface area contributed by atoms with E-state index in [2.05, 4.69) is 34.7 Å². The van der Waals surface area contributed by atoms with Crippen LogP contribution in [-0.4, -0.2) is 36.2 Å². The van der Waals surface area contributed by atoms with Crippen molar-refractivity contribution < 1.29 is 9.53 Å². The molecule has 6 nitrogen and oxygen atoms in total. The third kappa shape index (κ3) is 4.84. The Labute approximate surface area is 159 Å². The molecule has 1 aromatic carbocycles. The van der Waals surface area contributed by atoms with Crippen LogP contribution in [0.25, 0.3) is 0 Å². The van der Waals surface area contributed by atoms with Gasteiger partial charge in [0.05, 0.1) is 5.56 Å². The number of aromatic nitrogens is 1. The molecule has 1 amide bonds. The fourth-order valence-corrected chi connectivity index (χ4v) is 3.58. The summed E-state index contributed by atoms with van der Waals surface area (Å²) in [6.45, 7) is 5.75. The van der Waals surface area contributed by atoms with Crippen molar-refractivity contribution in [3.63, 3.8) is 0 Å². The van der Waals surface area contributed by atoms with Crippen LogP contribution in [-0.2, 0) is 4.74 Å². The Hall–Kier alpha value is -2.44. The van der Waals surface area contributed by atoms with Gasteiger partial charge in [-0.3, -0.25) is 9.59 Å². The van der Waals surface area contributed by atoms with Gasteiger partial charge in [-0.1, -0.05) is 30.3 Å². The van der Waals surface area contributed by atoms with Crippen molar-refractivity contribution >= 4 is 5.91 Å². The average Bonchev–Trinajstić information content (AvgIpc) is 2.67. The zero-order valence-corrected chi connectivity index (χ0v) is 15.9. The maximum atomic E-state index is 12.6. The summed E-state index contributed by atoms with van der Waals surface area (Å²) in [5, 5.41) is 6.77. The summed E-state index contributed by atoms with van der Waals surface area (Å²) in [4.78, 5) is 26.6. The third-order valence-corrected chi connectivity index (χ3v) is 5.24. The van der Waals surface area contributed by atoms with E-state index in [0.29, 0.717) is 30.9 Å². The maximum absolute atomic E-state index is 12.6. The lowest BCUT2D eigenvalue weighted by Gasteiger charge is -2.40. The molecule has 0 saturated carbocycles. The highest BCUT2D eigenvalue weighted by Crippen LogP contribution is 2.25. The number of aromatic amines is 1. The van der Waals surface area contributed by atoms with Crippen molar-refractivity contribution in [3.8, 4) is 0 Å². The van der Waals surface area contributed by atoms with E-state index in [1.165, 1.54) is 17.8 Å². The Morgan fingerprint density at radius 1 is 1.26 bits per heavy atom. The number of pyridine rings is 1. The molecule has 1 atom stereocenters. The molecule has 2 heterocycles. The van der Waals surface area contributed by atoms with E-state index in [9.17, 15) is 9.59 Å². The number of amides is 1. The summed E-state index contributed by atoms with van der Waals surface area (Å²) in [7, 11) is 0. The van der Waals surface area contributed by atoms with Crippen LogP contribution >= 0.6 is 0 Å². The fraction of sp³-hybridized carbons (Fsp3) is 0.429. The molecule has 1 aromatic heterocycles. The van der Waals surface area contributed by atoms with Gasteiger partial charge in [-0.25, -0.2) is 0 Å². The molecular formula is C21H27N3O3. The van der Waals surface area contributed by atoms with E-state index in [4.69, 9.17) is 4.74 Å². The van der Waals surface area contributed by atoms with E-state index in [0.717, 1.165) is 12.8 Å². The van der Waals surface area contributed by atoms with Gasteiger partial charge >= 0.3 is 0 Å². The molecule has 3 rings (SSSR count). The Morgan fingerprint density at radius 2 is 1.96 bits per heavy atom. The second kappa shape index (κ2) is 8.50. The van der Waals surface area contributed by atoms with Crippen LogP contribution in [0.4, 0.5) is 0 Å². The predicted molar refractivity (Wildman–Crippen MR) is 105 cm³/mol. The van der Waals surface area contributed by atoms with Crippen LogP contribution in [0.15, 0.2) is 47.4 Å². The van der Waals surface area contributed by atoms with Crippen LogP contribution in [0.5, 0.6) is 0 Å². The summed E-state index contributed by atoms with van der Waals surface area (Å²) in [5.74, 6) is -0.177. The number of carbonyl (C=O) groups excluding carboxylic acids is 1. The zero-order valence-electron chi connectivity index (χ0n) is 15.9. The normalized spacial score (nSPS) is 17.3. The topological polar surface area (TPSA) is 83.2 Å². The quantitative estimate of drug-likeness (QED) is 0.730. The lowest BCUT2D eigenvalue weighted by Crippen LogP contribution is -2.57. The van der Waals surface area contributed by atoms with E-state index < -0.39 is 0 Å². The Balaban J connectivity index is 1.71. The molecule has 0 spiro atoms. The van der Waals surface area contributed by atoms with Crippen molar-refractivity contribution in [2.24, 2.45) is 0 Å². The second-order valence-corrected chi connectivity index (χ2v) is 7.25. The number of hydrogen-bond acceptors (Lipinski definition) is 4. The average molecular weight is 369 g/mol. The largest absolute Gasteiger partial charge is 0.381 e. The minimum absolute atomic E-state index is 0.163. The summed E-state index contributed by atoms with van der Waals surface area (Å²) < 4.78 is 5.54. The van der Waals surface area contributed by atoms with Crippen LogP contribution in [0.2, 0.25) is 0 Å². The highest BCUT2D eigenvalue weighted by molar-refractivity contribution is 5.95. The molecule has 2 aromatic rings. The minimum Gasteiger partial charge on any atom is -0.381 e. The lowest BCUT2D eigenvalue weighted by atomic mass is 9.88. The van der Waals surface area contributed by atoms with Gasteiger partial charge in [0.15, 0.2) is 0 Å². The molecular weight excluding hydrogens is 342 g/mol. The van der Waals surface area contributed by atoms with Gasteiger partial charge in [0.1, 0.15) is 0 Å². The van der Waals surface area contributed by atoms with Crippen molar-refractivity contribution in [1.29, 1.82) is 0 Å². The molecule has 27 heavy (non-hydrogen) atoms. The molecule has 3 N–H and O–H groups in total. The molecule has 1 aliphatic heterocycles. The maximum Gasteiger partial charge on any atom is 0.253 e. The van der Waals surface area contributed by atoms with Crippen molar-refractivity contribution in [1.82, 2.24) is 15.6 Å². The molecule has 0 unspecified atom stereocenters.